The average Bonchev–Trinajstić information content (AvgIpc) is 2.97. The number of nitrogens with one attached hydrogen (secondary N) is 3. The van der Waals surface area contributed by atoms with Crippen LogP contribution in [-0.2, 0) is 9.59 Å². The van der Waals surface area contributed by atoms with Gasteiger partial charge in [-0.25, -0.2) is 10.9 Å². The maximum Gasteiger partial charge on any atom is 0.297 e. The van der Waals surface area contributed by atoms with Crippen molar-refractivity contribution in [2.75, 3.05) is 33.9 Å². The zero-order chi connectivity index (χ0) is 29.8. The van der Waals surface area contributed by atoms with Crippen LogP contribution in [0, 0.1) is 0 Å². The van der Waals surface area contributed by atoms with Gasteiger partial charge in [-0.05, 0) is 65.7 Å². The smallest absolute Gasteiger partial charge is 0.297 e. The number of rotatable bonds is 12. The Labute approximate surface area is 245 Å². The molecule has 0 atom stereocenters. The second kappa shape index (κ2) is 15.1. The van der Waals surface area contributed by atoms with Crippen LogP contribution in [0.3, 0.4) is 0 Å². The molecule has 0 aliphatic rings. The van der Waals surface area contributed by atoms with Crippen LogP contribution in [0.15, 0.2) is 69.9 Å². The molecule has 0 saturated heterocycles. The number of benzene rings is 3. The lowest BCUT2D eigenvalue weighted by atomic mass is 10.2. The van der Waals surface area contributed by atoms with Crippen molar-refractivity contribution in [2.24, 2.45) is 15.3 Å². The molecule has 0 aliphatic heterocycles. The number of methoxy groups -OCH3 is 4. The molecule has 3 rings (SSSR count). The Morgan fingerprint density at radius 1 is 0.683 bits per heavy atom. The molecule has 12 nitrogen and oxygen atoms in total. The quantitative estimate of drug-likeness (QED) is 0.161. The molecule has 41 heavy (non-hydrogen) atoms. The van der Waals surface area contributed by atoms with Crippen molar-refractivity contribution < 1.29 is 28.5 Å². The van der Waals surface area contributed by atoms with Crippen LogP contribution in [0.5, 0.6) is 23.0 Å². The molecule has 0 fully saturated rings. The largest absolute Gasteiger partial charge is 0.493 e. The molecule has 0 saturated carbocycles. The normalized spacial score (nSPS) is 10.7. The molecule has 14 heteroatoms. The van der Waals surface area contributed by atoms with Crippen LogP contribution in [0.4, 0.5) is 5.69 Å². The molecule has 0 heterocycles. The minimum Gasteiger partial charge on any atom is -0.493 e. The molecule has 0 aromatic heterocycles. The zero-order valence-corrected chi connectivity index (χ0v) is 23.9. The first-order valence-corrected chi connectivity index (χ1v) is 12.4. The molecule has 3 aromatic carbocycles. The fourth-order valence-corrected chi connectivity index (χ4v) is 3.65. The number of hydrazone groups is 3. The Kier molecular flexibility index (Phi) is 11.3. The Bertz CT molecular complexity index is 1410. The first-order chi connectivity index (χ1) is 19.8. The summed E-state index contributed by atoms with van der Waals surface area (Å²) in [7, 11) is 6.02. The Balaban J connectivity index is 1.79. The van der Waals surface area contributed by atoms with Gasteiger partial charge in [0.25, 0.3) is 11.8 Å². The van der Waals surface area contributed by atoms with E-state index in [1.54, 1.807) is 42.5 Å². The second-order valence-electron chi connectivity index (χ2n) is 7.82. The lowest BCUT2D eigenvalue weighted by Gasteiger charge is -2.08. The van der Waals surface area contributed by atoms with E-state index in [0.29, 0.717) is 44.8 Å². The summed E-state index contributed by atoms with van der Waals surface area (Å²) in [4.78, 5) is 25.8. The summed E-state index contributed by atoms with van der Waals surface area (Å²) in [5, 5.41) is 12.4. The van der Waals surface area contributed by atoms with Gasteiger partial charge in [0.15, 0.2) is 23.0 Å². The van der Waals surface area contributed by atoms with Gasteiger partial charge in [0.05, 0.1) is 51.6 Å². The van der Waals surface area contributed by atoms with Gasteiger partial charge in [-0.15, -0.1) is 0 Å². The highest BCUT2D eigenvalue weighted by Gasteiger charge is 2.21. The minimum absolute atomic E-state index is 0.222. The monoisotopic (exact) mass is 600 g/mol. The zero-order valence-electron chi connectivity index (χ0n) is 22.4. The van der Waals surface area contributed by atoms with E-state index in [0.717, 1.165) is 0 Å². The topological polar surface area (TPSA) is 144 Å². The van der Waals surface area contributed by atoms with E-state index in [2.05, 4.69) is 31.6 Å². The number of halogens is 2. The molecule has 0 unspecified atom stereocenters. The number of carbonyl (C=O) groups is 2. The molecular weight excluding hydrogens is 575 g/mol. The summed E-state index contributed by atoms with van der Waals surface area (Å²) in [5.41, 5.74) is 8.01. The van der Waals surface area contributed by atoms with Gasteiger partial charge in [0, 0.05) is 5.02 Å². The van der Waals surface area contributed by atoms with Crippen molar-refractivity contribution in [3.05, 3.63) is 75.8 Å². The number of amides is 2. The molecular formula is C27H26Cl2N6O6. The van der Waals surface area contributed by atoms with Crippen molar-refractivity contribution >= 4 is 58.8 Å². The van der Waals surface area contributed by atoms with E-state index < -0.39 is 17.5 Å². The number of anilines is 1. The average molecular weight is 601 g/mol. The number of carbonyl (C=O) groups excluding carboxylic acids is 2. The highest BCUT2D eigenvalue weighted by molar-refractivity contribution is 6.65. The molecule has 0 radical (unpaired) electrons. The maximum atomic E-state index is 12.9. The molecule has 0 aliphatic carbocycles. The molecule has 2 amide bonds. The van der Waals surface area contributed by atoms with Gasteiger partial charge in [-0.3, -0.25) is 15.0 Å². The van der Waals surface area contributed by atoms with Crippen molar-refractivity contribution in [2.45, 2.75) is 0 Å². The first kappa shape index (κ1) is 30.7. The summed E-state index contributed by atoms with van der Waals surface area (Å²) < 4.78 is 20.9. The highest BCUT2D eigenvalue weighted by atomic mass is 35.5. The van der Waals surface area contributed by atoms with Crippen LogP contribution in [-0.4, -0.2) is 58.4 Å². The van der Waals surface area contributed by atoms with E-state index in [1.807, 2.05) is 0 Å². The van der Waals surface area contributed by atoms with Crippen LogP contribution >= 0.6 is 23.2 Å². The summed E-state index contributed by atoms with van der Waals surface area (Å²) in [5.74, 6) is 0.138. The van der Waals surface area contributed by atoms with Crippen molar-refractivity contribution in [3.8, 4) is 23.0 Å². The van der Waals surface area contributed by atoms with Gasteiger partial charge in [0.2, 0.25) is 5.71 Å². The molecule has 0 spiro atoms. The Morgan fingerprint density at radius 2 is 1.17 bits per heavy atom. The van der Waals surface area contributed by atoms with E-state index in [1.165, 1.54) is 53.0 Å². The number of hydrogen-bond acceptors (Lipinski definition) is 10. The lowest BCUT2D eigenvalue weighted by Crippen LogP contribution is -2.39. The standard InChI is InChI=1S/C27H26Cl2N6O6/c1-38-21-9-5-16(11-23(21)40-3)14-30-34-26(36)25(33-32-20-8-7-18(28)13-19(20)29)27(37)35-31-15-17-6-10-22(39-2)24(12-17)41-4/h5-15,32H,1-4H3,(H,34,36)(H,35,37)/b30-14-,31-15-. The summed E-state index contributed by atoms with van der Waals surface area (Å²) in [6.45, 7) is 0. The lowest BCUT2D eigenvalue weighted by molar-refractivity contribution is -0.118. The van der Waals surface area contributed by atoms with Crippen LogP contribution < -0.4 is 35.2 Å². The van der Waals surface area contributed by atoms with Gasteiger partial charge >= 0.3 is 0 Å². The maximum absolute atomic E-state index is 12.9. The summed E-state index contributed by atoms with van der Waals surface area (Å²) >= 11 is 12.1. The molecule has 3 N–H and O–H groups in total. The van der Waals surface area contributed by atoms with E-state index >= 15 is 0 Å². The van der Waals surface area contributed by atoms with Gasteiger partial charge < -0.3 is 18.9 Å². The molecule has 3 aromatic rings. The molecule has 214 valence electrons. The molecule has 0 bridgehead atoms. The van der Waals surface area contributed by atoms with Crippen LogP contribution in [0.25, 0.3) is 0 Å². The fraction of sp³-hybridized carbons (Fsp3) is 0.148. The van der Waals surface area contributed by atoms with E-state index in [4.69, 9.17) is 42.1 Å². The van der Waals surface area contributed by atoms with Gasteiger partial charge in [0.1, 0.15) is 0 Å². The first-order valence-electron chi connectivity index (χ1n) is 11.7. The van der Waals surface area contributed by atoms with Crippen LogP contribution in [0.2, 0.25) is 10.0 Å². The second-order valence-corrected chi connectivity index (χ2v) is 8.67. The van der Waals surface area contributed by atoms with Crippen molar-refractivity contribution in [1.82, 2.24) is 10.9 Å². The Hall–Kier alpha value is -4.81. The third-order valence-electron chi connectivity index (χ3n) is 5.22. The van der Waals surface area contributed by atoms with Crippen LogP contribution in [0.1, 0.15) is 11.1 Å². The predicted octanol–water partition coefficient (Wildman–Crippen LogP) is 4.10. The predicted molar refractivity (Wildman–Crippen MR) is 158 cm³/mol. The third kappa shape index (κ3) is 8.59. The van der Waals surface area contributed by atoms with E-state index in [9.17, 15) is 9.59 Å². The highest BCUT2D eigenvalue weighted by Crippen LogP contribution is 2.28. The van der Waals surface area contributed by atoms with Gasteiger partial charge in [-0.1, -0.05) is 23.2 Å². The number of hydrogen-bond donors (Lipinski definition) is 3. The van der Waals surface area contributed by atoms with E-state index in [-0.39, 0.29) is 5.02 Å². The Morgan fingerprint density at radius 3 is 1.61 bits per heavy atom. The van der Waals surface area contributed by atoms with Crippen molar-refractivity contribution in [1.29, 1.82) is 0 Å². The summed E-state index contributed by atoms with van der Waals surface area (Å²) in [6, 6.07) is 14.6. The fourth-order valence-electron chi connectivity index (χ4n) is 3.20. The van der Waals surface area contributed by atoms with Crippen molar-refractivity contribution in [3.63, 3.8) is 0 Å². The SMILES string of the molecule is COc1ccc(/C=N\NC(=O)C(=NNc2ccc(Cl)cc2Cl)C(=O)N/N=C\c2ccc(OC)c(OC)c2)cc1OC. The summed E-state index contributed by atoms with van der Waals surface area (Å²) in [6.07, 6.45) is 2.71. The number of nitrogens with zero attached hydrogens (tertiary/aromatic N) is 3. The minimum atomic E-state index is -0.932. The number of ether oxygens (including phenoxy) is 4. The van der Waals surface area contributed by atoms with Gasteiger partial charge in [-0.2, -0.15) is 15.3 Å². The third-order valence-corrected chi connectivity index (χ3v) is 5.77.